The first-order valence-corrected chi connectivity index (χ1v) is 10.0. The number of ether oxygens (including phenoxy) is 2. The van der Waals surface area contributed by atoms with E-state index in [2.05, 4.69) is 33.2 Å². The molecule has 3 rings (SSSR count). The summed E-state index contributed by atoms with van der Waals surface area (Å²) in [6, 6.07) is 13.9. The number of methoxy groups -OCH3 is 1. The van der Waals surface area contributed by atoms with Crippen LogP contribution in [0.25, 0.3) is 11.0 Å². The lowest BCUT2D eigenvalue weighted by Crippen LogP contribution is -2.30. The van der Waals surface area contributed by atoms with Gasteiger partial charge >= 0.3 is 0 Å². The van der Waals surface area contributed by atoms with Crippen molar-refractivity contribution in [2.45, 2.75) is 26.8 Å². The van der Waals surface area contributed by atoms with Crippen LogP contribution < -0.4 is 20.1 Å². The second kappa shape index (κ2) is 10.4. The molecule has 2 aromatic carbocycles. The second-order valence-electron chi connectivity index (χ2n) is 6.46. The summed E-state index contributed by atoms with van der Waals surface area (Å²) in [4.78, 5) is 9.13. The van der Waals surface area contributed by atoms with Crippen LogP contribution in [0.15, 0.2) is 53.8 Å². The van der Waals surface area contributed by atoms with E-state index in [1.54, 1.807) is 7.11 Å². The molecule has 0 spiro atoms. The van der Waals surface area contributed by atoms with Crippen molar-refractivity contribution >= 4 is 22.7 Å². The molecule has 0 fully saturated rings. The molecule has 0 saturated carbocycles. The fraction of sp³-hybridized carbons (Fsp3) is 0.364. The number of aromatic nitrogens is 2. The van der Waals surface area contributed by atoms with Crippen molar-refractivity contribution in [2.24, 2.45) is 4.99 Å². The normalized spacial score (nSPS) is 11.5. The molecule has 0 aliphatic carbocycles. The third-order valence-corrected chi connectivity index (χ3v) is 4.42. The second-order valence-corrected chi connectivity index (χ2v) is 6.46. The van der Waals surface area contributed by atoms with Gasteiger partial charge in [0.2, 0.25) is 0 Å². The zero-order valence-electron chi connectivity index (χ0n) is 17.3. The van der Waals surface area contributed by atoms with Crippen LogP contribution in [-0.4, -0.2) is 42.3 Å². The summed E-state index contributed by atoms with van der Waals surface area (Å²) in [6.45, 7) is 6.95. The van der Waals surface area contributed by atoms with Crippen molar-refractivity contribution in [1.29, 1.82) is 0 Å². The van der Waals surface area contributed by atoms with E-state index < -0.39 is 0 Å². The van der Waals surface area contributed by atoms with Gasteiger partial charge in [-0.2, -0.15) is 0 Å². The largest absolute Gasteiger partial charge is 0.493 e. The minimum atomic E-state index is 0.580. The smallest absolute Gasteiger partial charge is 0.195 e. The Morgan fingerprint density at radius 1 is 1.14 bits per heavy atom. The molecular weight excluding hydrogens is 366 g/mol. The van der Waals surface area contributed by atoms with E-state index in [0.29, 0.717) is 24.7 Å². The van der Waals surface area contributed by atoms with E-state index in [4.69, 9.17) is 14.5 Å². The lowest BCUT2D eigenvalue weighted by molar-refractivity contribution is 0.311. The first-order valence-electron chi connectivity index (χ1n) is 10.0. The Labute approximate surface area is 171 Å². The number of rotatable bonds is 9. The summed E-state index contributed by atoms with van der Waals surface area (Å²) in [5, 5.41) is 6.62. The average molecular weight is 396 g/mol. The van der Waals surface area contributed by atoms with Crippen molar-refractivity contribution in [3.8, 4) is 11.5 Å². The fourth-order valence-corrected chi connectivity index (χ4v) is 3.09. The Morgan fingerprint density at radius 2 is 2.00 bits per heavy atom. The van der Waals surface area contributed by atoms with Crippen LogP contribution in [0, 0.1) is 0 Å². The maximum Gasteiger partial charge on any atom is 0.195 e. The Morgan fingerprint density at radius 3 is 2.79 bits per heavy atom. The maximum absolute atomic E-state index is 5.65. The molecule has 2 N–H and O–H groups in total. The highest BCUT2D eigenvalue weighted by Gasteiger charge is 2.07. The molecule has 0 unspecified atom stereocenters. The van der Waals surface area contributed by atoms with Crippen molar-refractivity contribution in [3.05, 3.63) is 48.8 Å². The first kappa shape index (κ1) is 20.5. The number of hydrogen-bond acceptors (Lipinski definition) is 4. The predicted molar refractivity (Wildman–Crippen MR) is 118 cm³/mol. The number of aliphatic imine (C=N–C) groups is 1. The highest BCUT2D eigenvalue weighted by Crippen LogP contribution is 2.30. The number of hydrogen-bond donors (Lipinski definition) is 2. The van der Waals surface area contributed by atoms with Crippen LogP contribution in [0.3, 0.4) is 0 Å². The molecule has 1 heterocycles. The third-order valence-electron chi connectivity index (χ3n) is 4.42. The SMILES string of the molecule is CCNC(=NCCCn1cnc2ccccc21)Nc1ccc(OC)c(OCC)c1. The van der Waals surface area contributed by atoms with Crippen molar-refractivity contribution < 1.29 is 9.47 Å². The summed E-state index contributed by atoms with van der Waals surface area (Å²) >= 11 is 0. The van der Waals surface area contributed by atoms with Crippen molar-refractivity contribution in [2.75, 3.05) is 32.1 Å². The van der Waals surface area contributed by atoms with Crippen LogP contribution >= 0.6 is 0 Å². The summed E-state index contributed by atoms with van der Waals surface area (Å²) in [5.41, 5.74) is 3.08. The number of para-hydroxylation sites is 2. The van der Waals surface area contributed by atoms with Crippen molar-refractivity contribution in [1.82, 2.24) is 14.9 Å². The zero-order valence-corrected chi connectivity index (χ0v) is 17.3. The number of anilines is 1. The van der Waals surface area contributed by atoms with Crippen LogP contribution in [0.2, 0.25) is 0 Å². The van der Waals surface area contributed by atoms with E-state index in [9.17, 15) is 0 Å². The molecule has 1 aromatic heterocycles. The molecule has 7 nitrogen and oxygen atoms in total. The van der Waals surface area contributed by atoms with E-state index in [1.807, 2.05) is 49.6 Å². The minimum absolute atomic E-state index is 0.580. The number of guanidine groups is 1. The molecule has 0 aliphatic heterocycles. The van der Waals surface area contributed by atoms with Gasteiger partial charge in [-0.15, -0.1) is 0 Å². The fourth-order valence-electron chi connectivity index (χ4n) is 3.09. The molecule has 0 radical (unpaired) electrons. The van der Waals surface area contributed by atoms with Gasteiger partial charge in [0, 0.05) is 31.4 Å². The van der Waals surface area contributed by atoms with Gasteiger partial charge in [0.1, 0.15) is 0 Å². The van der Waals surface area contributed by atoms with Gasteiger partial charge in [-0.1, -0.05) is 12.1 Å². The van der Waals surface area contributed by atoms with Gasteiger partial charge in [0.25, 0.3) is 0 Å². The zero-order chi connectivity index (χ0) is 20.5. The highest BCUT2D eigenvalue weighted by atomic mass is 16.5. The van der Waals surface area contributed by atoms with Crippen LogP contribution in [0.4, 0.5) is 5.69 Å². The number of fused-ring (bicyclic) bond motifs is 1. The van der Waals surface area contributed by atoms with E-state index in [0.717, 1.165) is 42.2 Å². The molecule has 0 bridgehead atoms. The summed E-state index contributed by atoms with van der Waals surface area (Å²) in [5.74, 6) is 2.17. The topological polar surface area (TPSA) is 72.7 Å². The highest BCUT2D eigenvalue weighted by molar-refractivity contribution is 5.93. The lowest BCUT2D eigenvalue weighted by Gasteiger charge is -2.14. The summed E-state index contributed by atoms with van der Waals surface area (Å²) in [7, 11) is 1.64. The quantitative estimate of drug-likeness (QED) is 0.326. The van der Waals surface area contributed by atoms with E-state index in [-0.39, 0.29) is 0 Å². The molecule has 0 saturated heterocycles. The Balaban J connectivity index is 1.61. The first-order chi connectivity index (χ1) is 14.2. The molecule has 3 aromatic rings. The third kappa shape index (κ3) is 5.40. The minimum Gasteiger partial charge on any atom is -0.493 e. The van der Waals surface area contributed by atoms with Gasteiger partial charge in [0.05, 0.1) is 31.1 Å². The number of aryl methyl sites for hydroxylation is 1. The molecule has 0 atom stereocenters. The standard InChI is InChI=1S/C22H29N5O2/c1-4-23-22(26-17-11-12-20(28-3)21(15-17)29-5-2)24-13-8-14-27-16-25-18-9-6-7-10-19(18)27/h6-7,9-12,15-16H,4-5,8,13-14H2,1-3H3,(H2,23,24,26). The van der Waals surface area contributed by atoms with Crippen LogP contribution in [-0.2, 0) is 6.54 Å². The summed E-state index contributed by atoms with van der Waals surface area (Å²) < 4.78 is 13.2. The van der Waals surface area contributed by atoms with E-state index in [1.165, 1.54) is 0 Å². The van der Waals surface area contributed by atoms with E-state index >= 15 is 0 Å². The number of imidazole rings is 1. The molecule has 0 aliphatic rings. The number of nitrogens with one attached hydrogen (secondary N) is 2. The predicted octanol–water partition coefficient (Wildman–Crippen LogP) is 3.91. The molecule has 7 heteroatoms. The molecular formula is C22H29N5O2. The van der Waals surface area contributed by atoms with Crippen molar-refractivity contribution in [3.63, 3.8) is 0 Å². The number of benzene rings is 2. The van der Waals surface area contributed by atoms with Gasteiger partial charge in [-0.25, -0.2) is 4.98 Å². The molecule has 29 heavy (non-hydrogen) atoms. The van der Waals surface area contributed by atoms with Gasteiger partial charge in [0.15, 0.2) is 17.5 Å². The Kier molecular flexibility index (Phi) is 7.33. The summed E-state index contributed by atoms with van der Waals surface area (Å²) in [6.07, 6.45) is 2.81. The van der Waals surface area contributed by atoms with Gasteiger partial charge in [-0.05, 0) is 44.5 Å². The van der Waals surface area contributed by atoms with Gasteiger partial charge in [-0.3, -0.25) is 4.99 Å². The molecule has 154 valence electrons. The number of nitrogens with zero attached hydrogens (tertiary/aromatic N) is 3. The average Bonchev–Trinajstić information content (AvgIpc) is 3.15. The lowest BCUT2D eigenvalue weighted by atomic mass is 10.2. The Hall–Kier alpha value is -3.22. The van der Waals surface area contributed by atoms with Gasteiger partial charge < -0.3 is 24.7 Å². The maximum atomic E-state index is 5.65. The molecule has 0 amide bonds. The monoisotopic (exact) mass is 395 g/mol. The Bertz CT molecular complexity index is 951. The van der Waals surface area contributed by atoms with Crippen LogP contribution in [0.5, 0.6) is 11.5 Å². The van der Waals surface area contributed by atoms with Crippen LogP contribution in [0.1, 0.15) is 20.3 Å².